The number of hydrogen-bond acceptors (Lipinski definition) is 3. The fourth-order valence-electron chi connectivity index (χ4n) is 2.03. The van der Waals surface area contributed by atoms with Crippen LogP contribution in [0.15, 0.2) is 22.7 Å². The van der Waals surface area contributed by atoms with E-state index >= 15 is 0 Å². The summed E-state index contributed by atoms with van der Waals surface area (Å²) < 4.78 is 24.5. The SMILES string of the molecule is CC(C)S(=O)(=O)CC(=O)N1CCc2ccc(Br)cc21. The molecule has 6 heteroatoms. The van der Waals surface area contributed by atoms with Gasteiger partial charge in [0, 0.05) is 16.7 Å². The third kappa shape index (κ3) is 3.00. The van der Waals surface area contributed by atoms with E-state index in [4.69, 9.17) is 0 Å². The van der Waals surface area contributed by atoms with Gasteiger partial charge in [-0.3, -0.25) is 4.79 Å². The Morgan fingerprint density at radius 3 is 2.74 bits per heavy atom. The lowest BCUT2D eigenvalue weighted by Gasteiger charge is -2.18. The molecule has 0 bridgehead atoms. The minimum atomic E-state index is -3.35. The second-order valence-corrected chi connectivity index (χ2v) is 8.40. The Hall–Kier alpha value is -0.880. The molecule has 0 spiro atoms. The smallest absolute Gasteiger partial charge is 0.242 e. The summed E-state index contributed by atoms with van der Waals surface area (Å²) in [5.74, 6) is -0.762. The summed E-state index contributed by atoms with van der Waals surface area (Å²) in [6, 6.07) is 5.75. The zero-order valence-electron chi connectivity index (χ0n) is 10.9. The Labute approximate surface area is 121 Å². The van der Waals surface area contributed by atoms with Crippen LogP contribution in [0, 0.1) is 0 Å². The Kier molecular flexibility index (Phi) is 4.01. The molecule has 1 amide bonds. The number of nitrogens with zero attached hydrogens (tertiary/aromatic N) is 1. The first-order valence-electron chi connectivity index (χ1n) is 6.11. The number of carbonyl (C=O) groups is 1. The average Bonchev–Trinajstić information content (AvgIpc) is 2.70. The topological polar surface area (TPSA) is 54.5 Å². The summed E-state index contributed by atoms with van der Waals surface area (Å²) in [5, 5.41) is -0.527. The molecule has 19 heavy (non-hydrogen) atoms. The molecule has 1 aliphatic heterocycles. The monoisotopic (exact) mass is 345 g/mol. The van der Waals surface area contributed by atoms with E-state index in [1.165, 1.54) is 0 Å². The predicted molar refractivity (Wildman–Crippen MR) is 79.1 cm³/mol. The summed E-state index contributed by atoms with van der Waals surface area (Å²) in [7, 11) is -3.35. The van der Waals surface area contributed by atoms with Crippen LogP contribution in [0.4, 0.5) is 5.69 Å². The van der Waals surface area contributed by atoms with E-state index in [1.54, 1.807) is 18.7 Å². The number of carbonyl (C=O) groups excluding carboxylic acids is 1. The number of rotatable bonds is 3. The Bertz CT molecular complexity index is 610. The van der Waals surface area contributed by atoms with E-state index in [0.717, 1.165) is 22.1 Å². The van der Waals surface area contributed by atoms with Gasteiger partial charge in [0.2, 0.25) is 5.91 Å². The Morgan fingerprint density at radius 1 is 1.42 bits per heavy atom. The van der Waals surface area contributed by atoms with Gasteiger partial charge in [-0.05, 0) is 38.0 Å². The van der Waals surface area contributed by atoms with E-state index in [9.17, 15) is 13.2 Å². The van der Waals surface area contributed by atoms with Crippen LogP contribution in [0.25, 0.3) is 0 Å². The Morgan fingerprint density at radius 2 is 2.11 bits per heavy atom. The van der Waals surface area contributed by atoms with Gasteiger partial charge in [-0.1, -0.05) is 22.0 Å². The number of benzene rings is 1. The number of fused-ring (bicyclic) bond motifs is 1. The number of hydrogen-bond donors (Lipinski definition) is 0. The van der Waals surface area contributed by atoms with Gasteiger partial charge in [-0.2, -0.15) is 0 Å². The molecule has 1 aromatic carbocycles. The van der Waals surface area contributed by atoms with Crippen molar-refractivity contribution in [2.75, 3.05) is 17.2 Å². The maximum Gasteiger partial charge on any atom is 0.242 e. The van der Waals surface area contributed by atoms with Crippen molar-refractivity contribution in [3.8, 4) is 0 Å². The highest BCUT2D eigenvalue weighted by molar-refractivity contribution is 9.10. The van der Waals surface area contributed by atoms with Gasteiger partial charge < -0.3 is 4.90 Å². The van der Waals surface area contributed by atoms with Gasteiger partial charge in [0.15, 0.2) is 9.84 Å². The molecular formula is C13H16BrNO3S. The van der Waals surface area contributed by atoms with Crippen molar-refractivity contribution in [3.63, 3.8) is 0 Å². The highest BCUT2D eigenvalue weighted by atomic mass is 79.9. The second kappa shape index (κ2) is 5.25. The summed E-state index contributed by atoms with van der Waals surface area (Å²) in [5.41, 5.74) is 1.90. The highest BCUT2D eigenvalue weighted by Crippen LogP contribution is 2.31. The maximum absolute atomic E-state index is 12.2. The average molecular weight is 346 g/mol. The molecule has 0 aromatic heterocycles. The minimum absolute atomic E-state index is 0.342. The lowest BCUT2D eigenvalue weighted by atomic mass is 10.2. The largest absolute Gasteiger partial charge is 0.311 e. The molecule has 0 radical (unpaired) electrons. The molecule has 0 fully saturated rings. The van der Waals surface area contributed by atoms with Crippen molar-refractivity contribution >= 4 is 37.4 Å². The number of amides is 1. The van der Waals surface area contributed by atoms with Crippen molar-refractivity contribution in [1.29, 1.82) is 0 Å². The first kappa shape index (κ1) is 14.5. The van der Waals surface area contributed by atoms with Crippen LogP contribution >= 0.6 is 15.9 Å². The minimum Gasteiger partial charge on any atom is -0.311 e. The molecule has 2 rings (SSSR count). The fraction of sp³-hybridized carbons (Fsp3) is 0.462. The van der Waals surface area contributed by atoms with Crippen LogP contribution in [0.5, 0.6) is 0 Å². The zero-order chi connectivity index (χ0) is 14.2. The van der Waals surface area contributed by atoms with Crippen molar-refractivity contribution < 1.29 is 13.2 Å². The molecule has 104 valence electrons. The highest BCUT2D eigenvalue weighted by Gasteiger charge is 2.29. The standard InChI is InChI=1S/C13H16BrNO3S/c1-9(2)19(17,18)8-13(16)15-6-5-10-3-4-11(14)7-12(10)15/h3-4,7,9H,5-6,8H2,1-2H3. The van der Waals surface area contributed by atoms with Crippen molar-refractivity contribution in [2.24, 2.45) is 0 Å². The molecule has 0 saturated carbocycles. The number of halogens is 1. The molecule has 0 saturated heterocycles. The Balaban J connectivity index is 2.23. The van der Waals surface area contributed by atoms with Gasteiger partial charge in [-0.15, -0.1) is 0 Å². The molecule has 0 N–H and O–H groups in total. The van der Waals surface area contributed by atoms with Gasteiger partial charge in [0.25, 0.3) is 0 Å². The van der Waals surface area contributed by atoms with Gasteiger partial charge in [0.05, 0.1) is 5.25 Å². The summed E-state index contributed by atoms with van der Waals surface area (Å²) in [6.45, 7) is 3.74. The van der Waals surface area contributed by atoms with E-state index in [0.29, 0.717) is 6.54 Å². The molecule has 1 heterocycles. The summed E-state index contributed by atoms with van der Waals surface area (Å²) >= 11 is 3.37. The second-order valence-electron chi connectivity index (χ2n) is 4.92. The molecule has 0 atom stereocenters. The van der Waals surface area contributed by atoms with Gasteiger partial charge >= 0.3 is 0 Å². The van der Waals surface area contributed by atoms with E-state index in [-0.39, 0.29) is 5.91 Å². The van der Waals surface area contributed by atoms with Crippen LogP contribution in [-0.4, -0.2) is 31.9 Å². The molecule has 0 unspecified atom stereocenters. The van der Waals surface area contributed by atoms with E-state index in [2.05, 4.69) is 15.9 Å². The number of anilines is 1. The molecule has 4 nitrogen and oxygen atoms in total. The third-order valence-corrected chi connectivity index (χ3v) is 5.87. The lowest BCUT2D eigenvalue weighted by Crippen LogP contribution is -2.36. The van der Waals surface area contributed by atoms with Crippen molar-refractivity contribution in [2.45, 2.75) is 25.5 Å². The van der Waals surface area contributed by atoms with Crippen LogP contribution in [0.1, 0.15) is 19.4 Å². The molecule has 0 aliphatic carbocycles. The van der Waals surface area contributed by atoms with Crippen LogP contribution in [0.3, 0.4) is 0 Å². The first-order chi connectivity index (χ1) is 8.81. The first-order valence-corrected chi connectivity index (χ1v) is 8.62. The van der Waals surface area contributed by atoms with Crippen LogP contribution in [-0.2, 0) is 21.1 Å². The van der Waals surface area contributed by atoms with Crippen LogP contribution in [0.2, 0.25) is 0 Å². The fourth-order valence-corrected chi connectivity index (χ4v) is 3.21. The van der Waals surface area contributed by atoms with E-state index < -0.39 is 20.8 Å². The van der Waals surface area contributed by atoms with Crippen molar-refractivity contribution in [1.82, 2.24) is 0 Å². The normalized spacial score (nSPS) is 14.8. The maximum atomic E-state index is 12.2. The quantitative estimate of drug-likeness (QED) is 0.843. The molecule has 1 aromatic rings. The van der Waals surface area contributed by atoms with E-state index in [1.807, 2.05) is 18.2 Å². The third-order valence-electron chi connectivity index (χ3n) is 3.29. The summed E-state index contributed by atoms with van der Waals surface area (Å²) in [4.78, 5) is 13.7. The van der Waals surface area contributed by atoms with Gasteiger partial charge in [-0.25, -0.2) is 8.42 Å². The van der Waals surface area contributed by atoms with Crippen LogP contribution < -0.4 is 4.90 Å². The predicted octanol–water partition coefficient (Wildman–Crippen LogP) is 2.16. The lowest BCUT2D eigenvalue weighted by molar-refractivity contribution is -0.116. The molecule has 1 aliphatic rings. The zero-order valence-corrected chi connectivity index (χ0v) is 13.3. The number of sulfone groups is 1. The molecular weight excluding hydrogens is 330 g/mol. The van der Waals surface area contributed by atoms with Gasteiger partial charge in [0.1, 0.15) is 5.75 Å². The summed E-state index contributed by atoms with van der Waals surface area (Å²) in [6.07, 6.45) is 0.774. The van der Waals surface area contributed by atoms with Crippen molar-refractivity contribution in [3.05, 3.63) is 28.2 Å².